The van der Waals surface area contributed by atoms with Gasteiger partial charge >= 0.3 is 0 Å². The second kappa shape index (κ2) is 8.21. The average molecular weight is 413 g/mol. The van der Waals surface area contributed by atoms with Crippen molar-refractivity contribution in [1.29, 1.82) is 0 Å². The number of nitrogens with zero attached hydrogens (tertiary/aromatic N) is 2. The van der Waals surface area contributed by atoms with Crippen molar-refractivity contribution in [2.75, 3.05) is 7.11 Å². The predicted molar refractivity (Wildman–Crippen MR) is 98.8 cm³/mol. The Hall–Kier alpha value is -2.22. The van der Waals surface area contributed by atoms with Crippen LogP contribution in [0.4, 0.5) is 0 Å². The molecule has 0 unspecified atom stereocenters. The first kappa shape index (κ1) is 19.5. The Bertz CT molecular complexity index is 902. The molecule has 9 heteroatoms. The molecule has 0 bridgehead atoms. The van der Waals surface area contributed by atoms with E-state index in [0.717, 1.165) is 6.42 Å². The van der Waals surface area contributed by atoms with Gasteiger partial charge in [-0.3, -0.25) is 4.79 Å². The highest BCUT2D eigenvalue weighted by Crippen LogP contribution is 2.32. The van der Waals surface area contributed by atoms with Crippen molar-refractivity contribution in [2.24, 2.45) is 4.99 Å². The largest absolute Gasteiger partial charge is 0.493 e. The van der Waals surface area contributed by atoms with Crippen LogP contribution in [0.25, 0.3) is 0 Å². The first-order valence-electron chi connectivity index (χ1n) is 8.25. The lowest BCUT2D eigenvalue weighted by Crippen LogP contribution is -2.15. The Morgan fingerprint density at radius 2 is 1.93 bits per heavy atom. The number of aliphatic hydroxyl groups is 1. The Labute approximate surface area is 165 Å². The van der Waals surface area contributed by atoms with Crippen molar-refractivity contribution in [3.05, 3.63) is 51.6 Å². The summed E-state index contributed by atoms with van der Waals surface area (Å²) in [4.78, 5) is 16.5. The summed E-state index contributed by atoms with van der Waals surface area (Å²) in [5.41, 5.74) is 0.261. The van der Waals surface area contributed by atoms with E-state index < -0.39 is 5.91 Å². The second-order valence-electron chi connectivity index (χ2n) is 6.17. The van der Waals surface area contributed by atoms with Gasteiger partial charge in [0.1, 0.15) is 11.5 Å². The molecule has 0 aliphatic heterocycles. The van der Waals surface area contributed by atoms with Crippen LogP contribution in [0.5, 0.6) is 11.5 Å². The van der Waals surface area contributed by atoms with Gasteiger partial charge in [-0.05, 0) is 31.0 Å². The minimum Gasteiger partial charge on any atom is -0.493 e. The van der Waals surface area contributed by atoms with E-state index in [1.54, 1.807) is 12.1 Å². The fraction of sp³-hybridized carbons (Fsp3) is 0.333. The SMILES string of the molecule is COc1ccc(C(=O)N=c2c(Cl)cn(O)cc2Cl)cc1O[C@@H]1CC[C@@H](O)C1. The smallest absolute Gasteiger partial charge is 0.277 e. The van der Waals surface area contributed by atoms with E-state index in [-0.39, 0.29) is 33.2 Å². The molecule has 1 heterocycles. The van der Waals surface area contributed by atoms with Gasteiger partial charge in [-0.1, -0.05) is 23.2 Å². The number of aromatic nitrogens is 1. The summed E-state index contributed by atoms with van der Waals surface area (Å²) in [6, 6.07) is 4.70. The van der Waals surface area contributed by atoms with E-state index >= 15 is 0 Å². The maximum Gasteiger partial charge on any atom is 0.277 e. The fourth-order valence-electron chi connectivity index (χ4n) is 2.88. The van der Waals surface area contributed by atoms with Gasteiger partial charge < -0.3 is 19.8 Å². The van der Waals surface area contributed by atoms with Gasteiger partial charge in [0, 0.05) is 12.0 Å². The Balaban J connectivity index is 1.91. The van der Waals surface area contributed by atoms with Crippen molar-refractivity contribution in [1.82, 2.24) is 4.73 Å². The van der Waals surface area contributed by atoms with Crippen LogP contribution >= 0.6 is 23.2 Å². The lowest BCUT2D eigenvalue weighted by molar-refractivity contribution is 0.0996. The molecule has 7 nitrogen and oxygen atoms in total. The van der Waals surface area contributed by atoms with Gasteiger partial charge in [-0.25, -0.2) is 4.99 Å². The molecule has 144 valence electrons. The topological polar surface area (TPSA) is 93.3 Å². The van der Waals surface area contributed by atoms with E-state index in [0.29, 0.717) is 29.1 Å². The minimum absolute atomic E-state index is 0.0308. The van der Waals surface area contributed by atoms with Gasteiger partial charge in [0.05, 0.1) is 35.7 Å². The molecular formula is C18H18Cl2N2O5. The highest BCUT2D eigenvalue weighted by atomic mass is 35.5. The van der Waals surface area contributed by atoms with Crippen LogP contribution in [-0.4, -0.2) is 40.3 Å². The van der Waals surface area contributed by atoms with Crippen molar-refractivity contribution < 1.29 is 24.6 Å². The van der Waals surface area contributed by atoms with Crippen LogP contribution in [-0.2, 0) is 0 Å². The number of aliphatic hydroxyl groups excluding tert-OH is 1. The molecule has 27 heavy (non-hydrogen) atoms. The average Bonchev–Trinajstić information content (AvgIpc) is 3.02. The van der Waals surface area contributed by atoms with Crippen molar-refractivity contribution in [3.63, 3.8) is 0 Å². The van der Waals surface area contributed by atoms with Crippen LogP contribution in [0, 0.1) is 0 Å². The number of benzene rings is 1. The quantitative estimate of drug-likeness (QED) is 0.752. The molecule has 1 amide bonds. The molecule has 2 atom stereocenters. The molecule has 3 rings (SSSR count). The maximum absolute atomic E-state index is 12.6. The number of hydrogen-bond acceptors (Lipinski definition) is 5. The van der Waals surface area contributed by atoms with Gasteiger partial charge in [-0.2, -0.15) is 4.73 Å². The summed E-state index contributed by atoms with van der Waals surface area (Å²) in [7, 11) is 1.51. The van der Waals surface area contributed by atoms with Crippen molar-refractivity contribution in [2.45, 2.75) is 31.5 Å². The zero-order chi connectivity index (χ0) is 19.6. The predicted octanol–water partition coefficient (Wildman–Crippen LogP) is 3.07. The molecule has 2 aromatic rings. The summed E-state index contributed by atoms with van der Waals surface area (Å²) in [5.74, 6) is 0.301. The lowest BCUT2D eigenvalue weighted by atomic mass is 10.2. The molecule has 1 fully saturated rings. The Morgan fingerprint density at radius 1 is 1.22 bits per heavy atom. The first-order chi connectivity index (χ1) is 12.9. The van der Waals surface area contributed by atoms with E-state index in [1.165, 1.54) is 25.6 Å². The number of rotatable bonds is 4. The molecule has 1 aliphatic carbocycles. The number of halogens is 2. The summed E-state index contributed by atoms with van der Waals surface area (Å²) in [6.45, 7) is 0. The molecule has 0 radical (unpaired) electrons. The molecule has 0 saturated heterocycles. The lowest BCUT2D eigenvalue weighted by Gasteiger charge is -2.16. The molecule has 0 spiro atoms. The van der Waals surface area contributed by atoms with E-state index in [4.69, 9.17) is 32.7 Å². The molecule has 2 N–H and O–H groups in total. The standard InChI is InChI=1S/C18H18Cl2N2O5/c1-26-15-5-2-10(6-16(15)27-12-4-3-11(23)7-12)18(24)21-17-13(19)8-22(25)9-14(17)20/h2,5-6,8-9,11-12,23,25H,3-4,7H2,1H3/t11-,12-/m1/s1. The Kier molecular flexibility index (Phi) is 5.94. The van der Waals surface area contributed by atoms with Crippen LogP contribution < -0.4 is 14.8 Å². The molecule has 1 aromatic carbocycles. The number of methoxy groups -OCH3 is 1. The summed E-state index contributed by atoms with van der Waals surface area (Å²) < 4.78 is 11.9. The van der Waals surface area contributed by atoms with Crippen LogP contribution in [0.2, 0.25) is 10.0 Å². The van der Waals surface area contributed by atoms with Crippen molar-refractivity contribution in [3.8, 4) is 11.5 Å². The molecule has 1 aromatic heterocycles. The number of carbonyl (C=O) groups is 1. The first-order valence-corrected chi connectivity index (χ1v) is 9.01. The van der Waals surface area contributed by atoms with Crippen LogP contribution in [0.3, 0.4) is 0 Å². The minimum atomic E-state index is -0.576. The zero-order valence-electron chi connectivity index (χ0n) is 14.4. The monoisotopic (exact) mass is 412 g/mol. The number of ether oxygens (including phenoxy) is 2. The highest BCUT2D eigenvalue weighted by molar-refractivity contribution is 6.34. The zero-order valence-corrected chi connectivity index (χ0v) is 15.9. The van der Waals surface area contributed by atoms with Gasteiger partial charge in [0.15, 0.2) is 11.5 Å². The number of pyridine rings is 1. The summed E-state index contributed by atoms with van der Waals surface area (Å²) in [6.07, 6.45) is 3.76. The summed E-state index contributed by atoms with van der Waals surface area (Å²) in [5, 5.41) is 19.2. The highest BCUT2D eigenvalue weighted by Gasteiger charge is 2.25. The number of amides is 1. The van der Waals surface area contributed by atoms with Gasteiger partial charge in [-0.15, -0.1) is 0 Å². The van der Waals surface area contributed by atoms with Crippen LogP contribution in [0.15, 0.2) is 35.6 Å². The number of hydrogen-bond donors (Lipinski definition) is 2. The van der Waals surface area contributed by atoms with Crippen molar-refractivity contribution >= 4 is 29.1 Å². The fourth-order valence-corrected chi connectivity index (χ4v) is 3.42. The van der Waals surface area contributed by atoms with E-state index in [9.17, 15) is 15.1 Å². The van der Waals surface area contributed by atoms with E-state index in [1.807, 2.05) is 0 Å². The summed E-state index contributed by atoms with van der Waals surface area (Å²) >= 11 is 12.0. The van der Waals surface area contributed by atoms with Gasteiger partial charge in [0.25, 0.3) is 5.91 Å². The molecule has 1 aliphatic rings. The Morgan fingerprint density at radius 3 is 2.52 bits per heavy atom. The third-order valence-electron chi connectivity index (χ3n) is 4.22. The molecule has 1 saturated carbocycles. The third-order valence-corrected chi connectivity index (χ3v) is 4.77. The normalized spacial score (nSPS) is 19.0. The van der Waals surface area contributed by atoms with Gasteiger partial charge in [0.2, 0.25) is 0 Å². The molecular weight excluding hydrogens is 395 g/mol. The van der Waals surface area contributed by atoms with E-state index in [2.05, 4.69) is 4.99 Å². The maximum atomic E-state index is 12.6. The second-order valence-corrected chi connectivity index (χ2v) is 6.99. The third kappa shape index (κ3) is 4.55. The van der Waals surface area contributed by atoms with Crippen LogP contribution in [0.1, 0.15) is 29.6 Å². The number of carbonyl (C=O) groups excluding carboxylic acids is 1.